The monoisotopic (exact) mass is 245 g/mol. The fourth-order valence-corrected chi connectivity index (χ4v) is 3.92. The second-order valence-electron chi connectivity index (χ2n) is 7.51. The highest BCUT2D eigenvalue weighted by molar-refractivity contribution is 5.09. The summed E-state index contributed by atoms with van der Waals surface area (Å²) in [5, 5.41) is 3.41. The minimum absolute atomic E-state index is 0.00762. The van der Waals surface area contributed by atoms with Crippen LogP contribution in [0.25, 0.3) is 0 Å². The summed E-state index contributed by atoms with van der Waals surface area (Å²) >= 11 is 0. The van der Waals surface area contributed by atoms with E-state index >= 15 is 0 Å². The van der Waals surface area contributed by atoms with Gasteiger partial charge in [0, 0.05) is 17.5 Å². The average molecular weight is 245 g/mol. The molecule has 3 aliphatic carbocycles. The van der Waals surface area contributed by atoms with Crippen molar-refractivity contribution in [1.29, 1.82) is 0 Å². The van der Waals surface area contributed by atoms with Gasteiger partial charge in [-0.3, -0.25) is 0 Å². The second kappa shape index (κ2) is 3.91. The van der Waals surface area contributed by atoms with Crippen molar-refractivity contribution in [3.05, 3.63) is 0 Å². The quantitative estimate of drug-likeness (QED) is 0.782. The van der Waals surface area contributed by atoms with E-state index in [2.05, 4.69) is 39.9 Å². The van der Waals surface area contributed by atoms with Crippen LogP contribution in [0.5, 0.6) is 0 Å². The third kappa shape index (κ3) is 2.23. The highest BCUT2D eigenvalue weighted by Crippen LogP contribution is 2.62. The fraction of sp³-hybridized carbons (Fsp3) is 1.00. The molecule has 0 radical (unpaired) electrons. The molecule has 100 valence electrons. The van der Waals surface area contributed by atoms with Gasteiger partial charge in [0.25, 0.3) is 0 Å². The van der Waals surface area contributed by atoms with E-state index in [0.29, 0.717) is 5.92 Å². The number of nitrogens with one attached hydrogen (secondary N) is 1. The van der Waals surface area contributed by atoms with Gasteiger partial charge in [-0.15, -0.1) is 0 Å². The molecule has 0 saturated heterocycles. The van der Waals surface area contributed by atoms with Gasteiger partial charge in [0.2, 0.25) is 6.43 Å². The van der Waals surface area contributed by atoms with Gasteiger partial charge < -0.3 is 5.32 Å². The van der Waals surface area contributed by atoms with Crippen LogP contribution in [-0.4, -0.2) is 18.0 Å². The number of hydrogen-bond donors (Lipinski definition) is 1. The van der Waals surface area contributed by atoms with Crippen molar-refractivity contribution in [2.45, 2.75) is 65.5 Å². The van der Waals surface area contributed by atoms with Crippen LogP contribution >= 0.6 is 0 Å². The van der Waals surface area contributed by atoms with Crippen molar-refractivity contribution in [3.63, 3.8) is 0 Å². The van der Waals surface area contributed by atoms with E-state index in [1.807, 2.05) is 0 Å². The standard InChI is InChI=1S/C14H25F2N/c1-13(2,3)17-10-7-8-6-9(14(8,4)5)11(10)12(15)16/h8-12,17H,6-7H2,1-5H3. The molecule has 3 saturated carbocycles. The van der Waals surface area contributed by atoms with Gasteiger partial charge in [-0.05, 0) is 50.9 Å². The van der Waals surface area contributed by atoms with Crippen LogP contribution in [0.2, 0.25) is 0 Å². The molecule has 0 aromatic rings. The van der Waals surface area contributed by atoms with E-state index in [1.54, 1.807) is 0 Å². The van der Waals surface area contributed by atoms with Gasteiger partial charge in [-0.25, -0.2) is 8.78 Å². The maximum absolute atomic E-state index is 13.3. The molecule has 3 fully saturated rings. The Labute approximate surface area is 103 Å². The number of alkyl halides is 2. The fourth-order valence-electron chi connectivity index (χ4n) is 3.92. The highest BCUT2D eigenvalue weighted by Gasteiger charge is 2.60. The summed E-state index contributed by atoms with van der Waals surface area (Å²) in [6.45, 7) is 10.5. The first-order valence-electron chi connectivity index (χ1n) is 6.69. The van der Waals surface area contributed by atoms with Crippen LogP contribution in [-0.2, 0) is 0 Å². The Morgan fingerprint density at radius 3 is 2.18 bits per heavy atom. The minimum atomic E-state index is -2.19. The molecule has 0 aromatic heterocycles. The SMILES string of the molecule is CC(C)(C)NC1CC2CC(C1C(F)F)C2(C)C. The normalized spacial score (nSPS) is 40.2. The average Bonchev–Trinajstić information content (AvgIpc) is 2.14. The summed E-state index contributed by atoms with van der Waals surface area (Å²) in [6.07, 6.45) is -0.277. The number of hydrogen-bond acceptors (Lipinski definition) is 1. The summed E-state index contributed by atoms with van der Waals surface area (Å²) in [4.78, 5) is 0. The van der Waals surface area contributed by atoms with E-state index in [4.69, 9.17) is 0 Å². The molecule has 4 atom stereocenters. The van der Waals surface area contributed by atoms with Gasteiger partial charge in [-0.2, -0.15) is 0 Å². The maximum Gasteiger partial charge on any atom is 0.243 e. The summed E-state index contributed by atoms with van der Waals surface area (Å²) in [5.74, 6) is 0.359. The number of halogens is 2. The Kier molecular flexibility index (Phi) is 3.05. The molecule has 0 amide bonds. The Bertz CT molecular complexity index is 293. The predicted molar refractivity (Wildman–Crippen MR) is 66.2 cm³/mol. The van der Waals surface area contributed by atoms with Crippen LogP contribution in [0.3, 0.4) is 0 Å². The van der Waals surface area contributed by atoms with E-state index in [1.165, 1.54) is 0 Å². The molecule has 2 bridgehead atoms. The molecule has 0 spiro atoms. The Balaban J connectivity index is 2.14. The van der Waals surface area contributed by atoms with Crippen molar-refractivity contribution in [1.82, 2.24) is 5.32 Å². The summed E-state index contributed by atoms with van der Waals surface area (Å²) in [7, 11) is 0. The van der Waals surface area contributed by atoms with E-state index < -0.39 is 12.3 Å². The zero-order chi connectivity index (χ0) is 13.0. The highest BCUT2D eigenvalue weighted by atomic mass is 19.3. The van der Waals surface area contributed by atoms with E-state index in [0.717, 1.165) is 12.8 Å². The van der Waals surface area contributed by atoms with Crippen molar-refractivity contribution in [2.24, 2.45) is 23.2 Å². The minimum Gasteiger partial charge on any atom is -0.309 e. The molecule has 3 heteroatoms. The van der Waals surface area contributed by atoms with Crippen molar-refractivity contribution in [3.8, 4) is 0 Å². The van der Waals surface area contributed by atoms with E-state index in [9.17, 15) is 8.78 Å². The molecule has 0 aromatic carbocycles. The Hall–Kier alpha value is -0.180. The molecule has 1 nitrogen and oxygen atoms in total. The summed E-state index contributed by atoms with van der Waals surface area (Å²) in [6, 6.07) is -0.00762. The molecular weight excluding hydrogens is 220 g/mol. The molecule has 3 aliphatic rings. The lowest BCUT2D eigenvalue weighted by molar-refractivity contribution is -0.163. The van der Waals surface area contributed by atoms with Gasteiger partial charge in [-0.1, -0.05) is 13.8 Å². The molecule has 4 unspecified atom stereocenters. The topological polar surface area (TPSA) is 12.0 Å². The van der Waals surface area contributed by atoms with Crippen molar-refractivity contribution >= 4 is 0 Å². The Morgan fingerprint density at radius 2 is 1.76 bits per heavy atom. The van der Waals surface area contributed by atoms with Crippen LogP contribution < -0.4 is 5.32 Å². The van der Waals surface area contributed by atoms with Crippen LogP contribution in [0.4, 0.5) is 8.78 Å². The molecule has 17 heavy (non-hydrogen) atoms. The lowest BCUT2D eigenvalue weighted by Crippen LogP contribution is -2.64. The third-order valence-electron chi connectivity index (χ3n) is 4.92. The molecule has 1 N–H and O–H groups in total. The predicted octanol–water partition coefficient (Wildman–Crippen LogP) is 3.69. The molecule has 0 aliphatic heterocycles. The van der Waals surface area contributed by atoms with Crippen molar-refractivity contribution in [2.75, 3.05) is 0 Å². The lowest BCUT2D eigenvalue weighted by atomic mass is 9.44. The van der Waals surface area contributed by atoms with Crippen LogP contribution in [0, 0.1) is 23.2 Å². The zero-order valence-corrected chi connectivity index (χ0v) is 11.6. The second-order valence-corrected chi connectivity index (χ2v) is 7.51. The first kappa shape index (κ1) is 13.3. The third-order valence-corrected chi connectivity index (χ3v) is 4.92. The molecular formula is C14H25F2N. The lowest BCUT2D eigenvalue weighted by Gasteiger charge is -2.63. The molecule has 3 rings (SSSR count). The van der Waals surface area contributed by atoms with Crippen LogP contribution in [0.15, 0.2) is 0 Å². The zero-order valence-electron chi connectivity index (χ0n) is 11.6. The van der Waals surface area contributed by atoms with Crippen molar-refractivity contribution < 1.29 is 8.78 Å². The summed E-state index contributed by atoms with van der Waals surface area (Å²) in [5.41, 5.74) is 0.0445. The van der Waals surface area contributed by atoms with Gasteiger partial charge in [0.05, 0.1) is 0 Å². The number of rotatable bonds is 2. The first-order chi connectivity index (χ1) is 7.63. The Morgan fingerprint density at radius 1 is 1.18 bits per heavy atom. The van der Waals surface area contributed by atoms with Gasteiger partial charge in [0.1, 0.15) is 0 Å². The largest absolute Gasteiger partial charge is 0.309 e. The first-order valence-corrected chi connectivity index (χ1v) is 6.69. The smallest absolute Gasteiger partial charge is 0.243 e. The van der Waals surface area contributed by atoms with Gasteiger partial charge >= 0.3 is 0 Å². The summed E-state index contributed by atoms with van der Waals surface area (Å²) < 4.78 is 26.6. The maximum atomic E-state index is 13.3. The van der Waals surface area contributed by atoms with Crippen LogP contribution in [0.1, 0.15) is 47.5 Å². The van der Waals surface area contributed by atoms with Gasteiger partial charge in [0.15, 0.2) is 0 Å². The van der Waals surface area contributed by atoms with E-state index in [-0.39, 0.29) is 22.9 Å². The molecule has 0 heterocycles. The number of fused-ring (bicyclic) bond motifs is 2.